The standard InChI is InChI=1S/C20H22N4O2S/c25-19(15-17-7-4-14-27-17)24-12-10-23(11-13-24)9-8-18-21-22-20(26-18)16-5-2-1-3-6-16/h1-7,14H,8-13,15H2. The van der Waals surface area contributed by atoms with Gasteiger partial charge in [0.15, 0.2) is 0 Å². The number of nitrogens with zero attached hydrogens (tertiary/aromatic N) is 4. The summed E-state index contributed by atoms with van der Waals surface area (Å²) in [5.74, 6) is 1.45. The number of piperazine rings is 1. The van der Waals surface area contributed by atoms with Crippen molar-refractivity contribution in [2.45, 2.75) is 12.8 Å². The largest absolute Gasteiger partial charge is 0.421 e. The Kier molecular flexibility index (Phi) is 5.60. The number of carbonyl (C=O) groups is 1. The monoisotopic (exact) mass is 382 g/mol. The highest BCUT2D eigenvalue weighted by atomic mass is 32.1. The van der Waals surface area contributed by atoms with Gasteiger partial charge in [0.05, 0.1) is 6.42 Å². The Hall–Kier alpha value is -2.51. The third-order valence-corrected chi connectivity index (χ3v) is 5.64. The van der Waals surface area contributed by atoms with E-state index in [1.165, 1.54) is 0 Å². The average Bonchev–Trinajstić information content (AvgIpc) is 3.39. The fourth-order valence-corrected chi connectivity index (χ4v) is 3.90. The summed E-state index contributed by atoms with van der Waals surface area (Å²) in [6, 6.07) is 13.8. The Morgan fingerprint density at radius 1 is 1.04 bits per heavy atom. The Morgan fingerprint density at radius 3 is 2.59 bits per heavy atom. The van der Waals surface area contributed by atoms with E-state index in [4.69, 9.17) is 4.42 Å². The number of hydrogen-bond acceptors (Lipinski definition) is 6. The number of rotatable bonds is 6. The van der Waals surface area contributed by atoms with E-state index >= 15 is 0 Å². The first kappa shape index (κ1) is 17.9. The first-order valence-corrected chi connectivity index (χ1v) is 10.1. The van der Waals surface area contributed by atoms with Gasteiger partial charge in [-0.2, -0.15) is 0 Å². The van der Waals surface area contributed by atoms with E-state index in [1.807, 2.05) is 52.7 Å². The fourth-order valence-electron chi connectivity index (χ4n) is 3.20. The minimum Gasteiger partial charge on any atom is -0.421 e. The van der Waals surface area contributed by atoms with Gasteiger partial charge < -0.3 is 9.32 Å². The Bertz CT molecular complexity index is 855. The zero-order valence-corrected chi connectivity index (χ0v) is 15.9. The maximum atomic E-state index is 12.4. The molecule has 7 heteroatoms. The van der Waals surface area contributed by atoms with Crippen molar-refractivity contribution < 1.29 is 9.21 Å². The molecule has 0 aliphatic carbocycles. The van der Waals surface area contributed by atoms with Gasteiger partial charge in [-0.25, -0.2) is 0 Å². The van der Waals surface area contributed by atoms with Gasteiger partial charge in [-0.3, -0.25) is 9.69 Å². The Labute approximate surface area is 162 Å². The molecule has 3 heterocycles. The normalized spacial score (nSPS) is 15.2. The van der Waals surface area contributed by atoms with Gasteiger partial charge in [-0.15, -0.1) is 21.5 Å². The van der Waals surface area contributed by atoms with Gasteiger partial charge in [0.2, 0.25) is 17.7 Å². The predicted octanol–water partition coefficient (Wildman–Crippen LogP) is 2.73. The first-order valence-electron chi connectivity index (χ1n) is 9.18. The van der Waals surface area contributed by atoms with Crippen LogP contribution in [0.15, 0.2) is 52.3 Å². The number of benzene rings is 1. The molecular formula is C20H22N4O2S. The number of hydrogen-bond donors (Lipinski definition) is 0. The molecule has 0 radical (unpaired) electrons. The average molecular weight is 382 g/mol. The maximum Gasteiger partial charge on any atom is 0.247 e. The van der Waals surface area contributed by atoms with Gasteiger partial charge in [-0.1, -0.05) is 24.3 Å². The first-order chi connectivity index (χ1) is 13.3. The molecule has 0 N–H and O–H groups in total. The number of aromatic nitrogens is 2. The van der Waals surface area contributed by atoms with E-state index in [-0.39, 0.29) is 5.91 Å². The number of amides is 1. The highest BCUT2D eigenvalue weighted by Gasteiger charge is 2.21. The van der Waals surface area contributed by atoms with E-state index in [0.29, 0.717) is 18.2 Å². The predicted molar refractivity (Wildman–Crippen MR) is 104 cm³/mol. The summed E-state index contributed by atoms with van der Waals surface area (Å²) in [5.41, 5.74) is 0.939. The molecule has 1 saturated heterocycles. The third kappa shape index (κ3) is 4.61. The molecule has 27 heavy (non-hydrogen) atoms. The summed E-state index contributed by atoms with van der Waals surface area (Å²) in [7, 11) is 0. The smallest absolute Gasteiger partial charge is 0.247 e. The fraction of sp³-hybridized carbons (Fsp3) is 0.350. The van der Waals surface area contributed by atoms with Crippen molar-refractivity contribution in [3.63, 3.8) is 0 Å². The topological polar surface area (TPSA) is 62.5 Å². The molecule has 0 saturated carbocycles. The SMILES string of the molecule is O=C(Cc1cccs1)N1CCN(CCc2nnc(-c3ccccc3)o2)CC1. The van der Waals surface area contributed by atoms with Crippen molar-refractivity contribution in [2.24, 2.45) is 0 Å². The van der Waals surface area contributed by atoms with Gasteiger partial charge >= 0.3 is 0 Å². The van der Waals surface area contributed by atoms with Crippen LogP contribution in [0.5, 0.6) is 0 Å². The van der Waals surface area contributed by atoms with Gasteiger partial charge in [0.25, 0.3) is 0 Å². The van der Waals surface area contributed by atoms with E-state index in [9.17, 15) is 4.79 Å². The molecule has 4 rings (SSSR count). The van der Waals surface area contributed by atoms with Gasteiger partial charge in [-0.05, 0) is 23.6 Å². The number of thiophene rings is 1. The van der Waals surface area contributed by atoms with Crippen molar-refractivity contribution in [1.82, 2.24) is 20.0 Å². The maximum absolute atomic E-state index is 12.4. The minimum atomic E-state index is 0.224. The second-order valence-electron chi connectivity index (χ2n) is 6.60. The van der Waals surface area contributed by atoms with Crippen LogP contribution >= 0.6 is 11.3 Å². The van der Waals surface area contributed by atoms with Gasteiger partial charge in [0, 0.05) is 49.6 Å². The molecule has 1 amide bonds. The lowest BCUT2D eigenvalue weighted by Crippen LogP contribution is -2.49. The molecule has 1 aliphatic rings. The van der Waals surface area contributed by atoms with Crippen LogP contribution in [-0.2, 0) is 17.6 Å². The molecule has 1 fully saturated rings. The lowest BCUT2D eigenvalue weighted by Gasteiger charge is -2.34. The van der Waals surface area contributed by atoms with E-state index in [2.05, 4.69) is 15.1 Å². The second-order valence-corrected chi connectivity index (χ2v) is 7.63. The number of carbonyl (C=O) groups excluding carboxylic acids is 1. The molecule has 6 nitrogen and oxygen atoms in total. The van der Waals surface area contributed by atoms with Crippen LogP contribution < -0.4 is 0 Å². The Balaban J connectivity index is 1.23. The highest BCUT2D eigenvalue weighted by Crippen LogP contribution is 2.17. The zero-order valence-electron chi connectivity index (χ0n) is 15.1. The molecular weight excluding hydrogens is 360 g/mol. The van der Waals surface area contributed by atoms with E-state index in [1.54, 1.807) is 11.3 Å². The molecule has 0 unspecified atom stereocenters. The third-order valence-electron chi connectivity index (χ3n) is 4.76. The molecule has 1 aromatic carbocycles. The zero-order chi connectivity index (χ0) is 18.5. The van der Waals surface area contributed by atoms with Crippen molar-refractivity contribution in [3.05, 3.63) is 58.6 Å². The highest BCUT2D eigenvalue weighted by molar-refractivity contribution is 7.10. The summed E-state index contributed by atoms with van der Waals surface area (Å²) in [6.07, 6.45) is 1.24. The van der Waals surface area contributed by atoms with Crippen LogP contribution in [0, 0.1) is 0 Å². The molecule has 140 valence electrons. The minimum absolute atomic E-state index is 0.224. The van der Waals surface area contributed by atoms with Crippen molar-refractivity contribution in [1.29, 1.82) is 0 Å². The molecule has 0 spiro atoms. The second kappa shape index (κ2) is 8.45. The van der Waals surface area contributed by atoms with Crippen molar-refractivity contribution in [3.8, 4) is 11.5 Å². The van der Waals surface area contributed by atoms with E-state index in [0.717, 1.165) is 49.6 Å². The van der Waals surface area contributed by atoms with Crippen molar-refractivity contribution >= 4 is 17.2 Å². The molecule has 3 aromatic rings. The lowest BCUT2D eigenvalue weighted by atomic mass is 10.2. The lowest BCUT2D eigenvalue weighted by molar-refractivity contribution is -0.132. The van der Waals surface area contributed by atoms with E-state index < -0.39 is 0 Å². The Morgan fingerprint density at radius 2 is 1.85 bits per heavy atom. The molecule has 1 aliphatic heterocycles. The quantitative estimate of drug-likeness (QED) is 0.656. The van der Waals surface area contributed by atoms with Gasteiger partial charge in [0.1, 0.15) is 0 Å². The summed E-state index contributed by atoms with van der Waals surface area (Å²) in [4.78, 5) is 17.8. The molecule has 0 atom stereocenters. The van der Waals surface area contributed by atoms with Crippen LogP contribution in [0.25, 0.3) is 11.5 Å². The van der Waals surface area contributed by atoms with Crippen LogP contribution in [0.1, 0.15) is 10.8 Å². The van der Waals surface area contributed by atoms with Crippen LogP contribution in [0.2, 0.25) is 0 Å². The summed E-state index contributed by atoms with van der Waals surface area (Å²) < 4.78 is 5.77. The van der Waals surface area contributed by atoms with Crippen LogP contribution in [0.4, 0.5) is 0 Å². The van der Waals surface area contributed by atoms with Crippen LogP contribution in [0.3, 0.4) is 0 Å². The molecule has 2 aromatic heterocycles. The summed E-state index contributed by atoms with van der Waals surface area (Å²) in [5, 5.41) is 10.3. The summed E-state index contributed by atoms with van der Waals surface area (Å²) >= 11 is 1.64. The molecule has 0 bridgehead atoms. The summed E-state index contributed by atoms with van der Waals surface area (Å²) in [6.45, 7) is 4.20. The van der Waals surface area contributed by atoms with Crippen LogP contribution in [-0.4, -0.2) is 58.6 Å². The van der Waals surface area contributed by atoms with Crippen molar-refractivity contribution in [2.75, 3.05) is 32.7 Å².